The van der Waals surface area contributed by atoms with Gasteiger partial charge in [0, 0.05) is 34.4 Å². The third kappa shape index (κ3) is 3.76. The highest BCUT2D eigenvalue weighted by molar-refractivity contribution is 7.99. The molecule has 6 nitrogen and oxygen atoms in total. The van der Waals surface area contributed by atoms with Crippen molar-refractivity contribution in [2.75, 3.05) is 12.4 Å². The first-order valence-electron chi connectivity index (χ1n) is 7.22. The van der Waals surface area contributed by atoms with Crippen molar-refractivity contribution in [1.29, 1.82) is 0 Å². The number of aliphatic hydroxyl groups excluding tert-OH is 2. The van der Waals surface area contributed by atoms with Crippen molar-refractivity contribution < 1.29 is 10.2 Å². The van der Waals surface area contributed by atoms with E-state index in [1.807, 2.05) is 28.8 Å². The van der Waals surface area contributed by atoms with E-state index in [4.69, 9.17) is 16.7 Å². The molecule has 0 aliphatic heterocycles. The molecule has 3 rings (SSSR count). The first-order valence-corrected chi connectivity index (χ1v) is 8.59. The smallest absolute Gasteiger partial charge is 0.196 e. The SMILES string of the molecule is OCC(O)CSc1nnc(-c2ccncc2)n1-c1ccc(Cl)cc1. The van der Waals surface area contributed by atoms with Gasteiger partial charge in [-0.2, -0.15) is 0 Å². The first kappa shape index (κ1) is 16.9. The molecule has 24 heavy (non-hydrogen) atoms. The Hall–Kier alpha value is -1.93. The predicted octanol–water partition coefficient (Wildman–Crippen LogP) is 2.43. The molecule has 3 aromatic rings. The van der Waals surface area contributed by atoms with Crippen molar-refractivity contribution in [3.63, 3.8) is 0 Å². The number of nitrogens with zero attached hydrogens (tertiary/aromatic N) is 4. The number of aliphatic hydroxyl groups is 2. The highest BCUT2D eigenvalue weighted by Crippen LogP contribution is 2.28. The Balaban J connectivity index is 2.03. The van der Waals surface area contributed by atoms with E-state index in [-0.39, 0.29) is 6.61 Å². The molecular weight excluding hydrogens is 348 g/mol. The van der Waals surface area contributed by atoms with E-state index in [0.717, 1.165) is 11.3 Å². The number of aromatic nitrogens is 4. The van der Waals surface area contributed by atoms with Crippen molar-refractivity contribution in [2.24, 2.45) is 0 Å². The van der Waals surface area contributed by atoms with E-state index < -0.39 is 6.10 Å². The molecule has 2 aromatic heterocycles. The van der Waals surface area contributed by atoms with Crippen molar-refractivity contribution in [3.8, 4) is 17.1 Å². The molecule has 8 heteroatoms. The van der Waals surface area contributed by atoms with Gasteiger partial charge in [0.15, 0.2) is 11.0 Å². The van der Waals surface area contributed by atoms with Gasteiger partial charge in [0.05, 0.1) is 12.7 Å². The van der Waals surface area contributed by atoms with E-state index in [1.165, 1.54) is 11.8 Å². The third-order valence-corrected chi connectivity index (χ3v) is 4.60. The molecule has 0 amide bonds. The van der Waals surface area contributed by atoms with Crippen LogP contribution in [-0.2, 0) is 0 Å². The molecule has 0 aliphatic carbocycles. The quantitative estimate of drug-likeness (QED) is 0.655. The van der Waals surface area contributed by atoms with E-state index >= 15 is 0 Å². The van der Waals surface area contributed by atoms with Crippen LogP contribution >= 0.6 is 23.4 Å². The van der Waals surface area contributed by atoms with Crippen molar-refractivity contribution in [3.05, 3.63) is 53.8 Å². The maximum absolute atomic E-state index is 9.59. The molecule has 1 unspecified atom stereocenters. The average molecular weight is 363 g/mol. The maximum atomic E-state index is 9.59. The van der Waals surface area contributed by atoms with Crippen molar-refractivity contribution >= 4 is 23.4 Å². The normalized spacial score (nSPS) is 12.3. The summed E-state index contributed by atoms with van der Waals surface area (Å²) in [6, 6.07) is 11.1. The fourth-order valence-electron chi connectivity index (χ4n) is 2.10. The van der Waals surface area contributed by atoms with Crippen molar-refractivity contribution in [2.45, 2.75) is 11.3 Å². The standard InChI is InChI=1S/C16H15ClN4O2S/c17-12-1-3-13(4-2-12)21-15(11-5-7-18-8-6-11)19-20-16(21)24-10-14(23)9-22/h1-8,14,22-23H,9-10H2. The highest BCUT2D eigenvalue weighted by Gasteiger charge is 2.17. The highest BCUT2D eigenvalue weighted by atomic mass is 35.5. The number of rotatable bonds is 6. The molecule has 2 heterocycles. The molecule has 2 N–H and O–H groups in total. The van der Waals surface area contributed by atoms with Crippen molar-refractivity contribution in [1.82, 2.24) is 19.7 Å². The summed E-state index contributed by atoms with van der Waals surface area (Å²) in [6.07, 6.45) is 2.58. The minimum absolute atomic E-state index is 0.292. The van der Waals surface area contributed by atoms with E-state index in [1.54, 1.807) is 24.5 Å². The Kier molecular flexibility index (Phi) is 5.47. The van der Waals surface area contributed by atoms with Gasteiger partial charge < -0.3 is 10.2 Å². The van der Waals surface area contributed by atoms with Gasteiger partial charge in [-0.3, -0.25) is 9.55 Å². The number of hydrogen-bond donors (Lipinski definition) is 2. The van der Waals surface area contributed by atoms with E-state index in [0.29, 0.717) is 21.8 Å². The van der Waals surface area contributed by atoms with Crippen LogP contribution in [0.1, 0.15) is 0 Å². The number of hydrogen-bond acceptors (Lipinski definition) is 6. The number of benzene rings is 1. The lowest BCUT2D eigenvalue weighted by Crippen LogP contribution is -2.15. The number of thioether (sulfide) groups is 1. The van der Waals surface area contributed by atoms with E-state index in [9.17, 15) is 5.11 Å². The first-order chi connectivity index (χ1) is 11.7. The average Bonchev–Trinajstić information content (AvgIpc) is 3.05. The Labute approximate surface area is 148 Å². The molecule has 0 saturated heterocycles. The van der Waals surface area contributed by atoms with E-state index in [2.05, 4.69) is 15.2 Å². The van der Waals surface area contributed by atoms with Crippen LogP contribution in [0.4, 0.5) is 0 Å². The Morgan fingerprint density at radius 1 is 1.08 bits per heavy atom. The summed E-state index contributed by atoms with van der Waals surface area (Å²) in [4.78, 5) is 4.02. The van der Waals surface area contributed by atoms with Crippen LogP contribution in [0.3, 0.4) is 0 Å². The van der Waals surface area contributed by atoms with Crippen LogP contribution in [0.15, 0.2) is 53.9 Å². The summed E-state index contributed by atoms with van der Waals surface area (Å²) in [5.41, 5.74) is 1.74. The Morgan fingerprint density at radius 3 is 2.46 bits per heavy atom. The predicted molar refractivity (Wildman–Crippen MR) is 93.4 cm³/mol. The molecule has 0 radical (unpaired) electrons. The fraction of sp³-hybridized carbons (Fsp3) is 0.188. The zero-order valence-corrected chi connectivity index (χ0v) is 14.2. The minimum Gasteiger partial charge on any atom is -0.394 e. The van der Waals surface area contributed by atoms with Gasteiger partial charge in [-0.25, -0.2) is 0 Å². The van der Waals surface area contributed by atoms with Crippen LogP contribution in [0.5, 0.6) is 0 Å². The lowest BCUT2D eigenvalue weighted by Gasteiger charge is -2.11. The van der Waals surface area contributed by atoms with Gasteiger partial charge in [-0.15, -0.1) is 10.2 Å². The van der Waals surface area contributed by atoms with Crippen LogP contribution in [0.25, 0.3) is 17.1 Å². The van der Waals surface area contributed by atoms with Gasteiger partial charge in [0.2, 0.25) is 0 Å². The monoisotopic (exact) mass is 362 g/mol. The summed E-state index contributed by atoms with van der Waals surface area (Å²) in [5.74, 6) is 0.985. The fourth-order valence-corrected chi connectivity index (χ4v) is 3.09. The summed E-state index contributed by atoms with van der Waals surface area (Å²) >= 11 is 7.30. The molecule has 0 saturated carbocycles. The Morgan fingerprint density at radius 2 is 1.79 bits per heavy atom. The summed E-state index contributed by atoms with van der Waals surface area (Å²) in [7, 11) is 0. The second-order valence-corrected chi connectivity index (χ2v) is 6.42. The van der Waals surface area contributed by atoms with Gasteiger partial charge >= 0.3 is 0 Å². The van der Waals surface area contributed by atoms with Gasteiger partial charge in [0.1, 0.15) is 0 Å². The molecule has 0 bridgehead atoms. The van der Waals surface area contributed by atoms with Crippen LogP contribution in [0, 0.1) is 0 Å². The molecule has 124 valence electrons. The minimum atomic E-state index is -0.810. The second-order valence-electron chi connectivity index (χ2n) is 5.00. The number of pyridine rings is 1. The lowest BCUT2D eigenvalue weighted by atomic mass is 10.2. The summed E-state index contributed by atoms with van der Waals surface area (Å²) in [5, 5.41) is 28.3. The zero-order chi connectivity index (χ0) is 16.9. The zero-order valence-electron chi connectivity index (χ0n) is 12.6. The molecule has 0 spiro atoms. The topological polar surface area (TPSA) is 84.1 Å². The molecule has 0 aliphatic rings. The van der Waals surface area contributed by atoms with Gasteiger partial charge in [-0.05, 0) is 36.4 Å². The third-order valence-electron chi connectivity index (χ3n) is 3.27. The molecule has 0 fully saturated rings. The molecule has 1 atom stereocenters. The Bertz CT molecular complexity index is 796. The molecule has 1 aromatic carbocycles. The lowest BCUT2D eigenvalue weighted by molar-refractivity contribution is 0.113. The largest absolute Gasteiger partial charge is 0.394 e. The molecular formula is C16H15ClN4O2S. The van der Waals surface area contributed by atoms with Crippen LogP contribution in [0.2, 0.25) is 5.02 Å². The van der Waals surface area contributed by atoms with Crippen LogP contribution in [-0.4, -0.2) is 48.4 Å². The summed E-state index contributed by atoms with van der Waals surface area (Å²) in [6.45, 7) is -0.292. The van der Waals surface area contributed by atoms with Gasteiger partial charge in [0.25, 0.3) is 0 Å². The van der Waals surface area contributed by atoms with Crippen LogP contribution < -0.4 is 0 Å². The summed E-state index contributed by atoms with van der Waals surface area (Å²) < 4.78 is 1.89. The maximum Gasteiger partial charge on any atom is 0.196 e. The van der Waals surface area contributed by atoms with Gasteiger partial charge in [-0.1, -0.05) is 23.4 Å². The number of halogens is 1. The second kappa shape index (κ2) is 7.76.